The van der Waals surface area contributed by atoms with Gasteiger partial charge < -0.3 is 9.84 Å². The van der Waals surface area contributed by atoms with E-state index in [9.17, 15) is 9.90 Å². The number of carbonyl (C=O) groups excluding carboxylic acids is 1. The van der Waals surface area contributed by atoms with Gasteiger partial charge in [-0.05, 0) is 39.3 Å². The first kappa shape index (κ1) is 15.6. The van der Waals surface area contributed by atoms with Crippen LogP contribution in [0.5, 0.6) is 0 Å². The molecule has 3 heteroatoms. The van der Waals surface area contributed by atoms with Crippen LogP contribution in [-0.4, -0.2) is 28.7 Å². The van der Waals surface area contributed by atoms with Gasteiger partial charge in [-0.25, -0.2) is 0 Å². The average Bonchev–Trinajstić information content (AvgIpc) is 2.34. The molecule has 0 aliphatic rings. The van der Waals surface area contributed by atoms with Crippen LogP contribution in [0.2, 0.25) is 0 Å². The molecule has 1 rings (SSSR count). The lowest BCUT2D eigenvalue weighted by Gasteiger charge is -2.26. The standard InChI is InChI=1S/C16H22O3/c1-15(2,3)19-12-16(4,18)14(17)11-10-13-8-6-5-7-9-13/h5-11,18H,12H2,1-4H3/b11-10+/t16-/m1/s1. The van der Waals surface area contributed by atoms with Crippen LogP contribution < -0.4 is 0 Å². The minimum absolute atomic E-state index is 0.0194. The topological polar surface area (TPSA) is 46.5 Å². The summed E-state index contributed by atoms with van der Waals surface area (Å²) in [5, 5.41) is 10.1. The first-order chi connectivity index (χ1) is 8.71. The number of rotatable bonds is 5. The van der Waals surface area contributed by atoms with Crippen LogP contribution in [0.25, 0.3) is 6.08 Å². The summed E-state index contributed by atoms with van der Waals surface area (Å²) in [6.07, 6.45) is 3.08. The van der Waals surface area contributed by atoms with Gasteiger partial charge >= 0.3 is 0 Å². The molecule has 3 nitrogen and oxygen atoms in total. The van der Waals surface area contributed by atoms with Gasteiger partial charge in [0.25, 0.3) is 0 Å². The Hall–Kier alpha value is -1.45. The highest BCUT2D eigenvalue weighted by molar-refractivity contribution is 5.99. The van der Waals surface area contributed by atoms with Crippen molar-refractivity contribution in [3.05, 3.63) is 42.0 Å². The van der Waals surface area contributed by atoms with Gasteiger partial charge in [-0.3, -0.25) is 4.79 Å². The molecule has 1 aromatic rings. The molecule has 0 aliphatic heterocycles. The van der Waals surface area contributed by atoms with Gasteiger partial charge in [0.15, 0.2) is 5.78 Å². The predicted octanol–water partition coefficient (Wildman–Crippen LogP) is 2.84. The van der Waals surface area contributed by atoms with Crippen molar-refractivity contribution in [2.45, 2.75) is 38.9 Å². The van der Waals surface area contributed by atoms with Crippen molar-refractivity contribution in [2.75, 3.05) is 6.61 Å². The van der Waals surface area contributed by atoms with E-state index < -0.39 is 5.60 Å². The molecule has 1 aromatic carbocycles. The van der Waals surface area contributed by atoms with E-state index in [-0.39, 0.29) is 18.0 Å². The van der Waals surface area contributed by atoms with Crippen LogP contribution in [0.1, 0.15) is 33.3 Å². The monoisotopic (exact) mass is 262 g/mol. The van der Waals surface area contributed by atoms with Gasteiger partial charge in [0, 0.05) is 0 Å². The van der Waals surface area contributed by atoms with Crippen molar-refractivity contribution in [3.63, 3.8) is 0 Å². The molecule has 19 heavy (non-hydrogen) atoms. The molecule has 0 aliphatic carbocycles. The Morgan fingerprint density at radius 1 is 1.21 bits per heavy atom. The average molecular weight is 262 g/mol. The lowest BCUT2D eigenvalue weighted by atomic mass is 10.0. The minimum atomic E-state index is -1.50. The molecule has 104 valence electrons. The summed E-state index contributed by atoms with van der Waals surface area (Å²) in [7, 11) is 0. The fourth-order valence-electron chi connectivity index (χ4n) is 1.34. The normalized spacial score (nSPS) is 15.4. The number of carbonyl (C=O) groups is 1. The summed E-state index contributed by atoms with van der Waals surface area (Å²) < 4.78 is 5.46. The largest absolute Gasteiger partial charge is 0.380 e. The molecule has 0 fully saturated rings. The highest BCUT2D eigenvalue weighted by Gasteiger charge is 2.30. The third-order valence-electron chi connectivity index (χ3n) is 2.54. The molecule has 0 heterocycles. The molecule has 0 aromatic heterocycles. The van der Waals surface area contributed by atoms with Crippen LogP contribution in [0.3, 0.4) is 0 Å². The number of aliphatic hydroxyl groups is 1. The van der Waals surface area contributed by atoms with Gasteiger partial charge in [-0.15, -0.1) is 0 Å². The molecule has 0 bridgehead atoms. The molecule has 0 saturated heterocycles. The lowest BCUT2D eigenvalue weighted by molar-refractivity contribution is -0.143. The number of ether oxygens (including phenoxy) is 1. The van der Waals surface area contributed by atoms with E-state index in [1.54, 1.807) is 6.08 Å². The second-order valence-corrected chi connectivity index (χ2v) is 5.78. The summed E-state index contributed by atoms with van der Waals surface area (Å²) in [4.78, 5) is 11.9. The third-order valence-corrected chi connectivity index (χ3v) is 2.54. The van der Waals surface area contributed by atoms with Gasteiger partial charge in [0.1, 0.15) is 5.60 Å². The summed E-state index contributed by atoms with van der Waals surface area (Å²) in [5.74, 6) is -0.361. The fraction of sp³-hybridized carbons (Fsp3) is 0.438. The Kier molecular flexibility index (Phi) is 5.04. The molecule has 0 spiro atoms. The maximum absolute atomic E-state index is 11.9. The SMILES string of the molecule is CC(C)(C)OC[C@@](C)(O)C(=O)/C=C/c1ccccc1. The second kappa shape index (κ2) is 6.13. The summed E-state index contributed by atoms with van der Waals surface area (Å²) >= 11 is 0. The van der Waals surface area contributed by atoms with Gasteiger partial charge in [0.05, 0.1) is 12.2 Å². The summed E-state index contributed by atoms with van der Waals surface area (Å²) in [6.45, 7) is 7.10. The van der Waals surface area contributed by atoms with E-state index >= 15 is 0 Å². The zero-order valence-electron chi connectivity index (χ0n) is 12.0. The first-order valence-electron chi connectivity index (χ1n) is 6.35. The van der Waals surface area contributed by atoms with Crippen molar-refractivity contribution in [3.8, 4) is 0 Å². The predicted molar refractivity (Wildman–Crippen MR) is 76.8 cm³/mol. The van der Waals surface area contributed by atoms with Crippen LogP contribution in [0, 0.1) is 0 Å². The molecule has 0 saturated carbocycles. The third kappa shape index (κ3) is 5.81. The molecule has 1 atom stereocenters. The molecule has 0 unspecified atom stereocenters. The van der Waals surface area contributed by atoms with Crippen molar-refractivity contribution in [1.82, 2.24) is 0 Å². The molecule has 0 amide bonds. The maximum Gasteiger partial charge on any atom is 0.189 e. The van der Waals surface area contributed by atoms with Gasteiger partial charge in [0.2, 0.25) is 0 Å². The lowest BCUT2D eigenvalue weighted by Crippen LogP contribution is -2.41. The molecule has 1 N–H and O–H groups in total. The van der Waals surface area contributed by atoms with E-state index in [0.717, 1.165) is 5.56 Å². The Morgan fingerprint density at radius 3 is 2.32 bits per heavy atom. The first-order valence-corrected chi connectivity index (χ1v) is 6.35. The minimum Gasteiger partial charge on any atom is -0.380 e. The summed E-state index contributed by atoms with van der Waals surface area (Å²) in [6, 6.07) is 9.48. The van der Waals surface area contributed by atoms with Crippen molar-refractivity contribution < 1.29 is 14.6 Å². The Bertz CT molecular complexity index is 439. The number of ketones is 1. The number of hydrogen-bond acceptors (Lipinski definition) is 3. The van der Waals surface area contributed by atoms with Crippen molar-refractivity contribution >= 4 is 11.9 Å². The zero-order valence-corrected chi connectivity index (χ0v) is 12.0. The maximum atomic E-state index is 11.9. The smallest absolute Gasteiger partial charge is 0.189 e. The van der Waals surface area contributed by atoms with E-state index in [2.05, 4.69) is 0 Å². The van der Waals surface area contributed by atoms with Crippen LogP contribution in [0.15, 0.2) is 36.4 Å². The van der Waals surface area contributed by atoms with Crippen molar-refractivity contribution in [2.24, 2.45) is 0 Å². The van der Waals surface area contributed by atoms with E-state index in [1.165, 1.54) is 13.0 Å². The van der Waals surface area contributed by atoms with E-state index in [0.29, 0.717) is 0 Å². The quantitative estimate of drug-likeness (QED) is 0.830. The molecule has 0 radical (unpaired) electrons. The van der Waals surface area contributed by atoms with E-state index in [1.807, 2.05) is 51.1 Å². The highest BCUT2D eigenvalue weighted by atomic mass is 16.5. The van der Waals surface area contributed by atoms with Crippen LogP contribution in [0.4, 0.5) is 0 Å². The van der Waals surface area contributed by atoms with Gasteiger partial charge in [-0.1, -0.05) is 36.4 Å². The van der Waals surface area contributed by atoms with Crippen molar-refractivity contribution in [1.29, 1.82) is 0 Å². The fourth-order valence-corrected chi connectivity index (χ4v) is 1.34. The highest BCUT2D eigenvalue weighted by Crippen LogP contribution is 2.14. The number of hydrogen-bond donors (Lipinski definition) is 1. The molecular formula is C16H22O3. The number of benzene rings is 1. The van der Waals surface area contributed by atoms with Crippen LogP contribution >= 0.6 is 0 Å². The molecular weight excluding hydrogens is 240 g/mol. The summed E-state index contributed by atoms with van der Waals surface area (Å²) in [5.41, 5.74) is -0.963. The second-order valence-electron chi connectivity index (χ2n) is 5.78. The Labute approximate surface area is 114 Å². The van der Waals surface area contributed by atoms with Gasteiger partial charge in [-0.2, -0.15) is 0 Å². The zero-order chi connectivity index (χ0) is 14.5. The van der Waals surface area contributed by atoms with Crippen LogP contribution in [-0.2, 0) is 9.53 Å². The Morgan fingerprint density at radius 2 is 1.79 bits per heavy atom. The van der Waals surface area contributed by atoms with E-state index in [4.69, 9.17) is 4.74 Å². The Balaban J connectivity index is 2.63.